The second kappa shape index (κ2) is 12.9. The number of halogens is 2. The van der Waals surface area contributed by atoms with Crippen LogP contribution in [0.15, 0.2) is 71.6 Å². The van der Waals surface area contributed by atoms with Gasteiger partial charge in [0.05, 0.1) is 30.2 Å². The van der Waals surface area contributed by atoms with E-state index in [0.717, 1.165) is 13.1 Å². The Morgan fingerprint density at radius 2 is 1.44 bits per heavy atom. The molecule has 9 nitrogen and oxygen atoms in total. The lowest BCUT2D eigenvalue weighted by Crippen LogP contribution is -2.47. The van der Waals surface area contributed by atoms with Crippen LogP contribution in [0.4, 0.5) is 25.8 Å². The summed E-state index contributed by atoms with van der Waals surface area (Å²) in [5.41, 5.74) is 1.06. The van der Waals surface area contributed by atoms with Gasteiger partial charge in [-0.25, -0.2) is 21.9 Å². The lowest BCUT2D eigenvalue weighted by molar-refractivity contribution is 0.0390. The van der Waals surface area contributed by atoms with Crippen LogP contribution in [0.5, 0.6) is 0 Å². The van der Waals surface area contributed by atoms with Gasteiger partial charge >= 0.3 is 0 Å². The van der Waals surface area contributed by atoms with Crippen LogP contribution in [-0.4, -0.2) is 84.8 Å². The average Bonchev–Trinajstić information content (AvgIpc) is 2.98. The number of nitrogens with zero attached hydrogens (tertiary/aromatic N) is 3. The third-order valence-electron chi connectivity index (χ3n) is 7.26. The van der Waals surface area contributed by atoms with Crippen molar-refractivity contribution in [2.24, 2.45) is 0 Å². The van der Waals surface area contributed by atoms with Crippen molar-refractivity contribution in [1.29, 1.82) is 0 Å². The highest BCUT2D eigenvalue weighted by atomic mass is 32.2. The number of ether oxygens (including phenoxy) is 1. The molecule has 1 amide bonds. The fraction of sp³-hybridized carbons (Fsp3) is 0.345. The van der Waals surface area contributed by atoms with Gasteiger partial charge in [0.25, 0.3) is 5.91 Å². The first-order chi connectivity index (χ1) is 19.8. The van der Waals surface area contributed by atoms with Gasteiger partial charge in [-0.2, -0.15) is 0 Å². The number of sulfonamides is 1. The second-order valence-corrected chi connectivity index (χ2v) is 11.6. The summed E-state index contributed by atoms with van der Waals surface area (Å²) < 4.78 is 63.8. The minimum Gasteiger partial charge on any atom is -0.379 e. The molecule has 3 aromatic carbocycles. The van der Waals surface area contributed by atoms with Gasteiger partial charge in [0.2, 0.25) is 10.0 Å². The smallest absolute Gasteiger partial charge is 0.258 e. The van der Waals surface area contributed by atoms with E-state index >= 15 is 0 Å². The first kappa shape index (κ1) is 28.9. The first-order valence-electron chi connectivity index (χ1n) is 13.6. The molecule has 2 heterocycles. The van der Waals surface area contributed by atoms with Crippen molar-refractivity contribution in [2.75, 3.05) is 80.7 Å². The number of amides is 1. The van der Waals surface area contributed by atoms with E-state index in [1.807, 2.05) is 9.80 Å². The molecular weight excluding hydrogens is 552 g/mol. The summed E-state index contributed by atoms with van der Waals surface area (Å²) in [5.74, 6) is -1.66. The van der Waals surface area contributed by atoms with Crippen LogP contribution in [0.25, 0.3) is 0 Å². The molecule has 0 aromatic heterocycles. The molecule has 0 bridgehead atoms. The van der Waals surface area contributed by atoms with Crippen LogP contribution in [0.1, 0.15) is 10.4 Å². The largest absolute Gasteiger partial charge is 0.379 e. The molecule has 2 fully saturated rings. The van der Waals surface area contributed by atoms with Gasteiger partial charge in [-0.3, -0.25) is 9.69 Å². The highest BCUT2D eigenvalue weighted by Crippen LogP contribution is 2.31. The van der Waals surface area contributed by atoms with E-state index in [-0.39, 0.29) is 28.5 Å². The Kier molecular flexibility index (Phi) is 9.13. The van der Waals surface area contributed by atoms with Crippen molar-refractivity contribution in [1.82, 2.24) is 9.62 Å². The Morgan fingerprint density at radius 1 is 0.805 bits per heavy atom. The molecule has 218 valence electrons. The van der Waals surface area contributed by atoms with Crippen molar-refractivity contribution in [3.8, 4) is 0 Å². The van der Waals surface area contributed by atoms with Gasteiger partial charge in [-0.05, 0) is 42.5 Å². The normalized spacial score (nSPS) is 16.5. The maximum Gasteiger partial charge on any atom is 0.258 e. The van der Waals surface area contributed by atoms with E-state index in [1.54, 1.807) is 36.4 Å². The summed E-state index contributed by atoms with van der Waals surface area (Å²) in [4.78, 5) is 18.8. The van der Waals surface area contributed by atoms with Gasteiger partial charge in [-0.1, -0.05) is 24.3 Å². The fourth-order valence-corrected chi connectivity index (χ4v) is 6.32. The van der Waals surface area contributed by atoms with Crippen molar-refractivity contribution in [2.45, 2.75) is 4.90 Å². The summed E-state index contributed by atoms with van der Waals surface area (Å²) in [7, 11) is -3.99. The van der Waals surface area contributed by atoms with Crippen molar-refractivity contribution >= 4 is 33.0 Å². The SMILES string of the molecule is O=C(Nc1ccc(N2CCN(c3ccccc3F)CC2)c(S(=O)(=O)NCCN2CCOCC2)c1)c1ccccc1F. The number of carbonyl (C=O) groups excluding carboxylic acids is 1. The molecule has 0 radical (unpaired) electrons. The fourth-order valence-electron chi connectivity index (χ4n) is 5.05. The minimum atomic E-state index is -3.99. The van der Waals surface area contributed by atoms with Crippen molar-refractivity contribution in [3.05, 3.63) is 83.9 Å². The van der Waals surface area contributed by atoms with Crippen molar-refractivity contribution in [3.63, 3.8) is 0 Å². The van der Waals surface area contributed by atoms with Crippen LogP contribution >= 0.6 is 0 Å². The number of hydrogen-bond acceptors (Lipinski definition) is 7. The molecule has 5 rings (SSSR count). The quantitative estimate of drug-likeness (QED) is 0.399. The van der Waals surface area contributed by atoms with Gasteiger partial charge < -0.3 is 19.9 Å². The van der Waals surface area contributed by atoms with E-state index in [4.69, 9.17) is 4.74 Å². The Labute approximate surface area is 238 Å². The number of para-hydroxylation sites is 1. The lowest BCUT2D eigenvalue weighted by Gasteiger charge is -2.38. The minimum absolute atomic E-state index is 0.00477. The van der Waals surface area contributed by atoms with Gasteiger partial charge in [0.15, 0.2) is 0 Å². The zero-order valence-corrected chi connectivity index (χ0v) is 23.4. The summed E-state index contributed by atoms with van der Waals surface area (Å²) in [5, 5.41) is 2.62. The number of morpholine rings is 1. The summed E-state index contributed by atoms with van der Waals surface area (Å²) in [6.45, 7) is 5.34. The highest BCUT2D eigenvalue weighted by Gasteiger charge is 2.27. The van der Waals surface area contributed by atoms with E-state index in [2.05, 4.69) is 14.9 Å². The van der Waals surface area contributed by atoms with Gasteiger partial charge in [0.1, 0.15) is 16.5 Å². The topological polar surface area (TPSA) is 94.2 Å². The predicted molar refractivity (Wildman–Crippen MR) is 154 cm³/mol. The standard InChI is InChI=1S/C29H33F2N5O4S/c30-24-6-2-1-5-23(24)29(37)33-22-9-10-27(36-15-13-35(14-16-36)26-8-4-3-7-25(26)31)28(21-22)41(38,39)32-11-12-34-17-19-40-20-18-34/h1-10,21,32H,11-20H2,(H,33,37). The van der Waals surface area contributed by atoms with Crippen LogP contribution in [0.2, 0.25) is 0 Å². The number of anilines is 3. The molecule has 12 heteroatoms. The summed E-state index contributed by atoms with van der Waals surface area (Å²) in [6.07, 6.45) is 0. The average molecular weight is 586 g/mol. The molecule has 2 saturated heterocycles. The zero-order valence-electron chi connectivity index (χ0n) is 22.6. The van der Waals surface area contributed by atoms with Gasteiger partial charge in [0, 0.05) is 58.0 Å². The molecule has 0 atom stereocenters. The van der Waals surface area contributed by atoms with E-state index in [1.165, 1.54) is 30.3 Å². The molecule has 2 aliphatic heterocycles. The maximum absolute atomic E-state index is 14.4. The maximum atomic E-state index is 14.4. The molecule has 2 N–H and O–H groups in total. The number of rotatable bonds is 9. The molecule has 0 spiro atoms. The zero-order chi connectivity index (χ0) is 28.8. The molecule has 2 aliphatic rings. The van der Waals surface area contributed by atoms with E-state index in [0.29, 0.717) is 57.3 Å². The predicted octanol–water partition coefficient (Wildman–Crippen LogP) is 3.15. The van der Waals surface area contributed by atoms with Gasteiger partial charge in [-0.15, -0.1) is 0 Å². The first-order valence-corrected chi connectivity index (χ1v) is 15.0. The van der Waals surface area contributed by atoms with Crippen LogP contribution in [0, 0.1) is 11.6 Å². The summed E-state index contributed by atoms with van der Waals surface area (Å²) >= 11 is 0. The Morgan fingerprint density at radius 3 is 2.12 bits per heavy atom. The monoisotopic (exact) mass is 585 g/mol. The highest BCUT2D eigenvalue weighted by molar-refractivity contribution is 7.89. The molecule has 3 aromatic rings. The summed E-state index contributed by atoms with van der Waals surface area (Å²) in [6, 6.07) is 16.8. The Hall–Kier alpha value is -3.58. The molecule has 41 heavy (non-hydrogen) atoms. The molecule has 0 saturated carbocycles. The lowest BCUT2D eigenvalue weighted by atomic mass is 10.2. The Bertz CT molecular complexity index is 1480. The number of piperazine rings is 1. The number of carbonyl (C=O) groups is 1. The number of nitrogens with one attached hydrogen (secondary N) is 2. The van der Waals surface area contributed by atoms with Crippen LogP contribution < -0.4 is 19.8 Å². The van der Waals surface area contributed by atoms with Crippen LogP contribution in [0.3, 0.4) is 0 Å². The molecule has 0 aliphatic carbocycles. The Balaban J connectivity index is 1.36. The number of hydrogen-bond donors (Lipinski definition) is 2. The molecule has 0 unspecified atom stereocenters. The third kappa shape index (κ3) is 7.02. The van der Waals surface area contributed by atoms with E-state index in [9.17, 15) is 22.0 Å². The van der Waals surface area contributed by atoms with Crippen molar-refractivity contribution < 1.29 is 26.7 Å². The number of benzene rings is 3. The van der Waals surface area contributed by atoms with Crippen LogP contribution in [-0.2, 0) is 14.8 Å². The second-order valence-electron chi connectivity index (χ2n) is 9.89. The third-order valence-corrected chi connectivity index (χ3v) is 8.75. The molecular formula is C29H33F2N5O4S. The van der Waals surface area contributed by atoms with E-state index < -0.39 is 21.7 Å².